The summed E-state index contributed by atoms with van der Waals surface area (Å²) >= 11 is 0. The smallest absolute Gasteiger partial charge is 0.282 e. The topological polar surface area (TPSA) is 111 Å². The van der Waals surface area contributed by atoms with Crippen molar-refractivity contribution in [1.82, 2.24) is 0 Å². The van der Waals surface area contributed by atoms with E-state index in [-0.39, 0.29) is 22.6 Å². The van der Waals surface area contributed by atoms with Crippen LogP contribution in [0.1, 0.15) is 12.5 Å². The van der Waals surface area contributed by atoms with E-state index < -0.39 is 16.7 Å². The number of nitro benzene ring substituents is 1. The summed E-state index contributed by atoms with van der Waals surface area (Å²) < 4.78 is 11.0. The third-order valence-corrected chi connectivity index (χ3v) is 5.22. The third kappa shape index (κ3) is 4.06. The van der Waals surface area contributed by atoms with E-state index in [1.165, 1.54) is 31.4 Å². The van der Waals surface area contributed by atoms with E-state index in [0.717, 1.165) is 4.90 Å². The monoisotopic (exact) mass is 459 g/mol. The van der Waals surface area contributed by atoms with Crippen LogP contribution in [0, 0.1) is 10.1 Å². The largest absolute Gasteiger partial charge is 0.495 e. The van der Waals surface area contributed by atoms with Crippen LogP contribution in [0.25, 0.3) is 5.57 Å². The van der Waals surface area contributed by atoms with Crippen LogP contribution in [0.5, 0.6) is 11.5 Å². The van der Waals surface area contributed by atoms with E-state index in [4.69, 9.17) is 9.47 Å². The predicted octanol–water partition coefficient (Wildman–Crippen LogP) is 4.40. The Labute approximate surface area is 195 Å². The molecule has 0 atom stereocenters. The molecule has 0 aromatic heterocycles. The molecule has 9 nitrogen and oxygen atoms in total. The quantitative estimate of drug-likeness (QED) is 0.302. The molecule has 0 saturated heterocycles. The van der Waals surface area contributed by atoms with Crippen molar-refractivity contribution in [1.29, 1.82) is 0 Å². The first-order valence-corrected chi connectivity index (χ1v) is 10.5. The Morgan fingerprint density at radius 2 is 1.56 bits per heavy atom. The molecule has 0 saturated carbocycles. The van der Waals surface area contributed by atoms with Gasteiger partial charge in [0.1, 0.15) is 17.2 Å². The third-order valence-electron chi connectivity index (χ3n) is 5.22. The number of nitrogens with one attached hydrogen (secondary N) is 1. The van der Waals surface area contributed by atoms with Crippen molar-refractivity contribution < 1.29 is 24.0 Å². The minimum Gasteiger partial charge on any atom is -0.495 e. The molecule has 1 aliphatic rings. The minimum absolute atomic E-state index is 0.0249. The molecule has 0 spiro atoms. The lowest BCUT2D eigenvalue weighted by Crippen LogP contribution is -2.32. The van der Waals surface area contributed by atoms with Gasteiger partial charge in [0, 0.05) is 12.1 Å². The van der Waals surface area contributed by atoms with Gasteiger partial charge >= 0.3 is 0 Å². The Kier molecular flexibility index (Phi) is 6.26. The molecule has 0 fully saturated rings. The van der Waals surface area contributed by atoms with Gasteiger partial charge in [-0.15, -0.1) is 0 Å². The van der Waals surface area contributed by atoms with Crippen molar-refractivity contribution in [2.24, 2.45) is 0 Å². The predicted molar refractivity (Wildman–Crippen MR) is 127 cm³/mol. The first kappa shape index (κ1) is 22.5. The molecule has 34 heavy (non-hydrogen) atoms. The molecule has 0 aliphatic carbocycles. The lowest BCUT2D eigenvalue weighted by molar-refractivity contribution is -0.384. The fraction of sp³-hybridized carbons (Fsp3) is 0.120. The zero-order valence-electron chi connectivity index (χ0n) is 18.5. The molecular formula is C25H21N3O6. The van der Waals surface area contributed by atoms with Gasteiger partial charge in [0.15, 0.2) is 0 Å². The van der Waals surface area contributed by atoms with Crippen LogP contribution in [0.2, 0.25) is 0 Å². The number of nitrogens with zero attached hydrogens (tertiary/aromatic N) is 2. The van der Waals surface area contributed by atoms with E-state index >= 15 is 0 Å². The number of para-hydroxylation sites is 4. The van der Waals surface area contributed by atoms with Crippen molar-refractivity contribution in [2.45, 2.75) is 6.92 Å². The average Bonchev–Trinajstić information content (AvgIpc) is 3.09. The number of hydrogen-bond donors (Lipinski definition) is 1. The lowest BCUT2D eigenvalue weighted by Gasteiger charge is -2.18. The van der Waals surface area contributed by atoms with Gasteiger partial charge in [-0.25, -0.2) is 4.90 Å². The minimum atomic E-state index is -0.589. The van der Waals surface area contributed by atoms with E-state index in [9.17, 15) is 19.7 Å². The molecule has 1 N–H and O–H groups in total. The maximum atomic E-state index is 13.6. The fourth-order valence-electron chi connectivity index (χ4n) is 3.68. The zero-order chi connectivity index (χ0) is 24.2. The Hall–Kier alpha value is -4.66. The van der Waals surface area contributed by atoms with Crippen molar-refractivity contribution in [2.75, 3.05) is 23.9 Å². The summed E-state index contributed by atoms with van der Waals surface area (Å²) in [5.41, 5.74) is 1.13. The van der Waals surface area contributed by atoms with Gasteiger partial charge in [-0.05, 0) is 48.9 Å². The summed E-state index contributed by atoms with van der Waals surface area (Å²) in [7, 11) is 1.45. The van der Waals surface area contributed by atoms with Crippen LogP contribution >= 0.6 is 0 Å². The number of carbonyl (C=O) groups is 2. The molecule has 1 aliphatic heterocycles. The van der Waals surface area contributed by atoms with Crippen LogP contribution in [0.15, 0.2) is 78.5 Å². The highest BCUT2D eigenvalue weighted by molar-refractivity contribution is 6.46. The highest BCUT2D eigenvalue weighted by atomic mass is 16.6. The number of ether oxygens (including phenoxy) is 2. The van der Waals surface area contributed by atoms with Crippen molar-refractivity contribution >= 4 is 34.4 Å². The van der Waals surface area contributed by atoms with Gasteiger partial charge in [-0.2, -0.15) is 0 Å². The second kappa shape index (κ2) is 9.45. The van der Waals surface area contributed by atoms with Crippen LogP contribution in [-0.4, -0.2) is 30.5 Å². The van der Waals surface area contributed by atoms with Crippen molar-refractivity contribution in [3.63, 3.8) is 0 Å². The number of benzene rings is 3. The fourth-order valence-corrected chi connectivity index (χ4v) is 3.68. The molecule has 0 radical (unpaired) electrons. The van der Waals surface area contributed by atoms with E-state index in [1.807, 2.05) is 6.92 Å². The molecule has 0 bridgehead atoms. The number of non-ortho nitro benzene ring substituents is 1. The highest BCUT2D eigenvalue weighted by Crippen LogP contribution is 2.39. The van der Waals surface area contributed by atoms with Crippen LogP contribution < -0.4 is 19.7 Å². The average molecular weight is 459 g/mol. The first-order valence-electron chi connectivity index (χ1n) is 10.5. The number of hydrogen-bond acceptors (Lipinski definition) is 7. The molecule has 9 heteroatoms. The molecular weight excluding hydrogens is 438 g/mol. The van der Waals surface area contributed by atoms with Crippen molar-refractivity contribution in [3.8, 4) is 11.5 Å². The Morgan fingerprint density at radius 3 is 2.21 bits per heavy atom. The normalized spacial score (nSPS) is 13.3. The maximum absolute atomic E-state index is 13.6. The summed E-state index contributed by atoms with van der Waals surface area (Å²) in [6, 6.07) is 19.2. The number of rotatable bonds is 8. The van der Waals surface area contributed by atoms with Gasteiger partial charge in [-0.3, -0.25) is 19.7 Å². The molecule has 2 amide bonds. The Balaban J connectivity index is 1.85. The standard InChI is InChI=1S/C25H21N3O6/c1-3-34-20-10-6-4-8-18(20)26-23-22(16-12-14-17(15-13-16)28(31)32)24(29)27(25(23)30)19-9-5-7-11-21(19)33-2/h4-15,26H,3H2,1-2H3. The molecule has 172 valence electrons. The summed E-state index contributed by atoms with van der Waals surface area (Å²) in [4.78, 5) is 38.8. The number of anilines is 2. The molecule has 1 heterocycles. The van der Waals surface area contributed by atoms with Gasteiger partial charge in [0.25, 0.3) is 17.5 Å². The Morgan fingerprint density at radius 1 is 0.912 bits per heavy atom. The second-order valence-corrected chi connectivity index (χ2v) is 7.23. The SMILES string of the molecule is CCOc1ccccc1NC1=C(c2ccc([N+](=O)[O-])cc2)C(=O)N(c2ccccc2OC)C1=O. The van der Waals surface area contributed by atoms with Gasteiger partial charge in [-0.1, -0.05) is 24.3 Å². The number of methoxy groups -OCH3 is 1. The van der Waals surface area contributed by atoms with Crippen molar-refractivity contribution in [3.05, 3.63) is 94.2 Å². The van der Waals surface area contributed by atoms with Gasteiger partial charge < -0.3 is 14.8 Å². The second-order valence-electron chi connectivity index (χ2n) is 7.23. The van der Waals surface area contributed by atoms with Gasteiger partial charge in [0.05, 0.1) is 35.6 Å². The highest BCUT2D eigenvalue weighted by Gasteiger charge is 2.41. The number of carbonyl (C=O) groups excluding carboxylic acids is 2. The Bertz CT molecular complexity index is 1300. The molecule has 0 unspecified atom stereocenters. The molecule has 3 aromatic carbocycles. The van der Waals surface area contributed by atoms with Crippen LogP contribution in [0.3, 0.4) is 0 Å². The lowest BCUT2D eigenvalue weighted by atomic mass is 10.0. The summed E-state index contributed by atoms with van der Waals surface area (Å²) in [6.07, 6.45) is 0. The summed E-state index contributed by atoms with van der Waals surface area (Å²) in [5, 5.41) is 14.2. The summed E-state index contributed by atoms with van der Waals surface area (Å²) in [6.45, 7) is 2.25. The summed E-state index contributed by atoms with van der Waals surface area (Å²) in [5.74, 6) is -0.311. The maximum Gasteiger partial charge on any atom is 0.282 e. The van der Waals surface area contributed by atoms with Crippen LogP contribution in [0.4, 0.5) is 17.1 Å². The zero-order valence-corrected chi connectivity index (χ0v) is 18.5. The number of nitro groups is 1. The molecule has 4 rings (SSSR count). The first-order chi connectivity index (χ1) is 16.5. The molecule has 3 aromatic rings. The van der Waals surface area contributed by atoms with E-state index in [1.54, 1.807) is 48.5 Å². The van der Waals surface area contributed by atoms with Gasteiger partial charge in [0.2, 0.25) is 0 Å². The van der Waals surface area contributed by atoms with Crippen LogP contribution in [-0.2, 0) is 9.59 Å². The van der Waals surface area contributed by atoms with E-state index in [2.05, 4.69) is 5.32 Å². The number of amides is 2. The number of imide groups is 1. The van der Waals surface area contributed by atoms with E-state index in [0.29, 0.717) is 29.4 Å².